The molecule has 0 radical (unpaired) electrons. The van der Waals surface area contributed by atoms with Crippen LogP contribution in [-0.2, 0) is 14.4 Å². The maximum atomic E-state index is 13.1. The average Bonchev–Trinajstić information content (AvgIpc) is 2.88. The largest absolute Gasteiger partial charge is 0.494 e. The molecule has 3 aromatic carbocycles. The Morgan fingerprint density at radius 2 is 1.68 bits per heavy atom. The van der Waals surface area contributed by atoms with E-state index >= 15 is 0 Å². The van der Waals surface area contributed by atoms with E-state index in [2.05, 4.69) is 10.6 Å². The van der Waals surface area contributed by atoms with Gasteiger partial charge in [0.25, 0.3) is 17.7 Å². The van der Waals surface area contributed by atoms with Gasteiger partial charge in [-0.05, 0) is 79.2 Å². The molecule has 1 fully saturated rings. The number of rotatable bonds is 8. The number of hydrogen-bond acceptors (Lipinski definition) is 6. The first kappa shape index (κ1) is 26.7. The zero-order valence-electron chi connectivity index (χ0n) is 20.0. The summed E-state index contributed by atoms with van der Waals surface area (Å²) in [5, 5.41) is 5.54. The molecule has 0 bridgehead atoms. The lowest BCUT2D eigenvalue weighted by Gasteiger charge is -2.26. The summed E-state index contributed by atoms with van der Waals surface area (Å²) in [7, 11) is 0. The fraction of sp³-hybridized carbons (Fsp3) is 0.111. The van der Waals surface area contributed by atoms with E-state index < -0.39 is 23.8 Å². The van der Waals surface area contributed by atoms with Crippen LogP contribution in [0.2, 0.25) is 10.0 Å². The van der Waals surface area contributed by atoms with Crippen LogP contribution in [0.3, 0.4) is 0 Å². The summed E-state index contributed by atoms with van der Waals surface area (Å²) in [5.41, 5.74) is 0.982. The number of ether oxygens (including phenoxy) is 2. The molecular weight excluding hydrogens is 533 g/mol. The third kappa shape index (κ3) is 6.31. The van der Waals surface area contributed by atoms with Crippen LogP contribution in [-0.4, -0.2) is 37.0 Å². The van der Waals surface area contributed by atoms with E-state index in [1.165, 1.54) is 18.2 Å². The predicted octanol–water partition coefficient (Wildman–Crippen LogP) is 5.08. The Hall–Kier alpha value is -4.34. The van der Waals surface area contributed by atoms with Gasteiger partial charge in [0.15, 0.2) is 6.61 Å². The molecule has 1 heterocycles. The van der Waals surface area contributed by atoms with Crippen molar-refractivity contribution in [3.8, 4) is 11.5 Å². The molecule has 0 spiro atoms. The van der Waals surface area contributed by atoms with Gasteiger partial charge in [0, 0.05) is 10.7 Å². The molecule has 0 unspecified atom stereocenters. The zero-order valence-corrected chi connectivity index (χ0v) is 21.5. The smallest absolute Gasteiger partial charge is 0.335 e. The summed E-state index contributed by atoms with van der Waals surface area (Å²) in [6.45, 7) is 2.00. The molecule has 3 aromatic rings. The monoisotopic (exact) mass is 553 g/mol. The van der Waals surface area contributed by atoms with Crippen LogP contribution in [0.25, 0.3) is 6.08 Å². The fourth-order valence-corrected chi connectivity index (χ4v) is 3.88. The number of hydrogen-bond donors (Lipinski definition) is 2. The molecular formula is C27H21Cl2N3O6. The highest BCUT2D eigenvalue weighted by atomic mass is 35.5. The van der Waals surface area contributed by atoms with E-state index in [1.807, 2.05) is 6.92 Å². The molecule has 0 aliphatic carbocycles. The molecule has 0 atom stereocenters. The number of nitrogens with zero attached hydrogens (tertiary/aromatic N) is 1. The summed E-state index contributed by atoms with van der Waals surface area (Å²) in [6.07, 6.45) is 1.31. The average molecular weight is 554 g/mol. The van der Waals surface area contributed by atoms with Gasteiger partial charge in [-0.3, -0.25) is 19.7 Å². The Bertz CT molecular complexity index is 1420. The van der Waals surface area contributed by atoms with Gasteiger partial charge in [-0.25, -0.2) is 9.69 Å². The molecule has 4 rings (SSSR count). The van der Waals surface area contributed by atoms with Crippen molar-refractivity contribution in [1.29, 1.82) is 0 Å². The van der Waals surface area contributed by atoms with E-state index in [-0.39, 0.29) is 28.6 Å². The second-order valence-corrected chi connectivity index (χ2v) is 8.76. The SMILES string of the molecule is CCOc1ccc(N2C(=O)NC(=O)/C(=C\c3ccc(OCC(=O)Nc4ccc(Cl)cc4)c(Cl)c3)C2=O)cc1. The molecule has 2 N–H and O–H groups in total. The lowest BCUT2D eigenvalue weighted by atomic mass is 10.1. The fourth-order valence-electron chi connectivity index (χ4n) is 3.51. The first-order valence-electron chi connectivity index (χ1n) is 11.4. The number of imide groups is 2. The minimum absolute atomic E-state index is 0.154. The first-order valence-corrected chi connectivity index (χ1v) is 12.1. The molecule has 38 heavy (non-hydrogen) atoms. The van der Waals surface area contributed by atoms with Crippen LogP contribution < -0.4 is 25.0 Å². The quantitative estimate of drug-likeness (QED) is 0.297. The van der Waals surface area contributed by atoms with E-state index in [9.17, 15) is 19.2 Å². The second kappa shape index (κ2) is 11.8. The maximum Gasteiger partial charge on any atom is 0.335 e. The topological polar surface area (TPSA) is 114 Å². The number of benzene rings is 3. The Kier molecular flexibility index (Phi) is 8.30. The molecule has 0 saturated carbocycles. The summed E-state index contributed by atoms with van der Waals surface area (Å²) in [5.74, 6) is -1.23. The molecule has 1 saturated heterocycles. The van der Waals surface area contributed by atoms with Crippen molar-refractivity contribution in [2.24, 2.45) is 0 Å². The number of carbonyl (C=O) groups is 4. The number of urea groups is 1. The molecule has 9 nitrogen and oxygen atoms in total. The highest BCUT2D eigenvalue weighted by Crippen LogP contribution is 2.28. The lowest BCUT2D eigenvalue weighted by Crippen LogP contribution is -2.54. The molecule has 0 aromatic heterocycles. The van der Waals surface area contributed by atoms with Crippen molar-refractivity contribution >= 4 is 64.4 Å². The number of barbiturate groups is 1. The van der Waals surface area contributed by atoms with Crippen molar-refractivity contribution in [2.45, 2.75) is 6.92 Å². The van der Waals surface area contributed by atoms with Crippen molar-refractivity contribution in [1.82, 2.24) is 5.32 Å². The Labute approximate surface area is 227 Å². The lowest BCUT2D eigenvalue weighted by molar-refractivity contribution is -0.122. The Balaban J connectivity index is 1.46. The maximum absolute atomic E-state index is 13.1. The van der Waals surface area contributed by atoms with E-state index in [0.717, 1.165) is 4.90 Å². The Morgan fingerprint density at radius 1 is 0.974 bits per heavy atom. The summed E-state index contributed by atoms with van der Waals surface area (Å²) in [6, 6.07) is 16.6. The van der Waals surface area contributed by atoms with Gasteiger partial charge in [0.05, 0.1) is 17.3 Å². The minimum Gasteiger partial charge on any atom is -0.494 e. The van der Waals surface area contributed by atoms with Crippen molar-refractivity contribution in [3.63, 3.8) is 0 Å². The van der Waals surface area contributed by atoms with Crippen molar-refractivity contribution < 1.29 is 28.7 Å². The van der Waals surface area contributed by atoms with Crippen LogP contribution in [0, 0.1) is 0 Å². The highest BCUT2D eigenvalue weighted by molar-refractivity contribution is 6.39. The number of carbonyl (C=O) groups excluding carboxylic acids is 4. The van der Waals surface area contributed by atoms with Crippen molar-refractivity contribution in [2.75, 3.05) is 23.4 Å². The van der Waals surface area contributed by atoms with Gasteiger partial charge in [0.1, 0.15) is 17.1 Å². The molecule has 11 heteroatoms. The van der Waals surface area contributed by atoms with Crippen LogP contribution in [0.4, 0.5) is 16.2 Å². The number of halogens is 2. The van der Waals surface area contributed by atoms with Crippen molar-refractivity contribution in [3.05, 3.63) is 87.9 Å². The summed E-state index contributed by atoms with van der Waals surface area (Å²) in [4.78, 5) is 51.0. The van der Waals surface area contributed by atoms with Gasteiger partial charge in [-0.1, -0.05) is 29.3 Å². The van der Waals surface area contributed by atoms with Gasteiger partial charge in [0.2, 0.25) is 0 Å². The van der Waals surface area contributed by atoms with Crippen LogP contribution >= 0.6 is 23.2 Å². The van der Waals surface area contributed by atoms with Gasteiger partial charge in [-0.2, -0.15) is 0 Å². The van der Waals surface area contributed by atoms with E-state index in [1.54, 1.807) is 54.6 Å². The van der Waals surface area contributed by atoms with Crippen LogP contribution in [0.15, 0.2) is 72.3 Å². The Morgan fingerprint density at radius 3 is 2.34 bits per heavy atom. The number of amides is 5. The predicted molar refractivity (Wildman–Crippen MR) is 144 cm³/mol. The highest BCUT2D eigenvalue weighted by Gasteiger charge is 2.36. The summed E-state index contributed by atoms with van der Waals surface area (Å²) >= 11 is 12.1. The number of nitrogens with one attached hydrogen (secondary N) is 2. The standard InChI is InChI=1S/C27H21Cl2N3O6/c1-2-37-20-10-8-19(9-11-20)32-26(35)21(25(34)31-27(32)36)13-16-3-12-23(22(29)14-16)38-15-24(33)30-18-6-4-17(28)5-7-18/h3-14H,2,15H2,1H3,(H,30,33)(H,31,34,36)/b21-13+. The number of anilines is 2. The molecule has 5 amide bonds. The van der Waals surface area contributed by atoms with Gasteiger partial charge in [-0.15, -0.1) is 0 Å². The normalized spacial score (nSPS) is 14.3. The van der Waals surface area contributed by atoms with E-state index in [4.69, 9.17) is 32.7 Å². The zero-order chi connectivity index (χ0) is 27.2. The van der Waals surface area contributed by atoms with Gasteiger partial charge >= 0.3 is 6.03 Å². The van der Waals surface area contributed by atoms with Crippen LogP contribution in [0.1, 0.15) is 12.5 Å². The van der Waals surface area contributed by atoms with Gasteiger partial charge < -0.3 is 14.8 Å². The van der Waals surface area contributed by atoms with E-state index in [0.29, 0.717) is 28.6 Å². The molecule has 1 aliphatic rings. The second-order valence-electron chi connectivity index (χ2n) is 7.92. The minimum atomic E-state index is -0.861. The summed E-state index contributed by atoms with van der Waals surface area (Å²) < 4.78 is 10.9. The molecule has 1 aliphatic heterocycles. The first-order chi connectivity index (χ1) is 18.2. The third-order valence-corrected chi connectivity index (χ3v) is 5.81. The van der Waals surface area contributed by atoms with Crippen LogP contribution in [0.5, 0.6) is 11.5 Å². The third-order valence-electron chi connectivity index (χ3n) is 5.26. The molecule has 194 valence electrons.